The molecule has 15 heavy (non-hydrogen) atoms. The van der Waals surface area contributed by atoms with Crippen molar-refractivity contribution in [3.8, 4) is 0 Å². The second-order valence-electron chi connectivity index (χ2n) is 3.39. The fraction of sp³-hybridized carbons (Fsp3) is 0.167. The van der Waals surface area contributed by atoms with Gasteiger partial charge >= 0.3 is 0 Å². The maximum absolute atomic E-state index is 5.67. The van der Waals surface area contributed by atoms with Gasteiger partial charge in [-0.25, -0.2) is 0 Å². The monoisotopic (exact) mass is 237 g/mol. The topological polar surface area (TPSA) is 15.8 Å². The highest BCUT2D eigenvalue weighted by Gasteiger charge is 2.01. The van der Waals surface area contributed by atoms with Gasteiger partial charge in [-0.05, 0) is 12.1 Å². The van der Waals surface area contributed by atoms with E-state index in [0.29, 0.717) is 5.88 Å². The molecule has 3 heteroatoms. The normalized spacial score (nSPS) is 10.7. The number of rotatable bonds is 4. The summed E-state index contributed by atoms with van der Waals surface area (Å²) >= 11 is 7.41. The van der Waals surface area contributed by atoms with Gasteiger partial charge in [0.05, 0.1) is 5.03 Å². The fourth-order valence-electron chi connectivity index (χ4n) is 1.34. The molecule has 0 fully saturated rings. The van der Waals surface area contributed by atoms with E-state index in [1.54, 1.807) is 11.8 Å². The Bertz CT molecular complexity index is 442. The van der Waals surface area contributed by atoms with Crippen molar-refractivity contribution in [3.05, 3.63) is 42.5 Å². The molecule has 1 heterocycles. The van der Waals surface area contributed by atoms with Crippen LogP contribution in [0.5, 0.6) is 0 Å². The molecule has 78 valence electrons. The highest BCUT2D eigenvalue weighted by Crippen LogP contribution is 2.24. The van der Waals surface area contributed by atoms with Gasteiger partial charge in [-0.3, -0.25) is 0 Å². The lowest BCUT2D eigenvalue weighted by Gasteiger charge is -1.98. The second-order valence-corrected chi connectivity index (χ2v) is 4.68. The lowest BCUT2D eigenvalue weighted by molar-refractivity contribution is 1.24. The van der Waals surface area contributed by atoms with Gasteiger partial charge in [-0.15, -0.1) is 23.4 Å². The van der Waals surface area contributed by atoms with E-state index in [0.717, 1.165) is 11.3 Å². The minimum Gasteiger partial charge on any atom is -0.350 e. The predicted octanol–water partition coefficient (Wildman–Crippen LogP) is 4.06. The molecule has 0 saturated heterocycles. The Kier molecular flexibility index (Phi) is 3.39. The molecule has 1 nitrogen and oxygen atoms in total. The van der Waals surface area contributed by atoms with Crippen LogP contribution in [-0.4, -0.2) is 16.6 Å². The van der Waals surface area contributed by atoms with Crippen LogP contribution in [-0.2, 0) is 0 Å². The maximum Gasteiger partial charge on any atom is 0.0735 e. The predicted molar refractivity (Wildman–Crippen MR) is 68.9 cm³/mol. The third kappa shape index (κ3) is 2.58. The van der Waals surface area contributed by atoms with Crippen LogP contribution in [0.2, 0.25) is 0 Å². The minimum absolute atomic E-state index is 0.535. The van der Waals surface area contributed by atoms with Crippen LogP contribution in [0.15, 0.2) is 47.5 Å². The first-order valence-corrected chi connectivity index (χ1v) is 6.25. The molecular formula is C12H12ClNS. The first-order valence-electron chi connectivity index (χ1n) is 4.73. The van der Waals surface area contributed by atoms with Crippen LogP contribution in [0.4, 0.5) is 0 Å². The average molecular weight is 238 g/mol. The Morgan fingerprint density at radius 1 is 1.40 bits per heavy atom. The van der Waals surface area contributed by atoms with Crippen LogP contribution >= 0.6 is 23.4 Å². The first-order chi connectivity index (χ1) is 7.29. The van der Waals surface area contributed by atoms with Gasteiger partial charge in [0.15, 0.2) is 0 Å². The number of hydrogen-bond acceptors (Lipinski definition) is 1. The SMILES string of the molecule is C=C(CCl)CSc1cc2ccccc2[nH]1. The number of hydrogen-bond donors (Lipinski definition) is 1. The molecule has 0 spiro atoms. The molecule has 0 radical (unpaired) electrons. The van der Waals surface area contributed by atoms with Crippen molar-refractivity contribution in [2.75, 3.05) is 11.6 Å². The Morgan fingerprint density at radius 3 is 2.93 bits per heavy atom. The molecule has 0 saturated carbocycles. The summed E-state index contributed by atoms with van der Waals surface area (Å²) in [5.41, 5.74) is 2.23. The van der Waals surface area contributed by atoms with Crippen LogP contribution < -0.4 is 0 Å². The Morgan fingerprint density at radius 2 is 2.20 bits per heavy atom. The maximum atomic E-state index is 5.67. The minimum atomic E-state index is 0.535. The number of nitrogens with one attached hydrogen (secondary N) is 1. The van der Waals surface area contributed by atoms with Gasteiger partial charge < -0.3 is 4.98 Å². The summed E-state index contributed by atoms with van der Waals surface area (Å²) in [6, 6.07) is 10.4. The number of halogens is 1. The molecule has 0 bridgehead atoms. The lowest BCUT2D eigenvalue weighted by Crippen LogP contribution is -1.85. The van der Waals surface area contributed by atoms with Crippen molar-refractivity contribution in [3.63, 3.8) is 0 Å². The van der Waals surface area contributed by atoms with Crippen LogP contribution in [0.25, 0.3) is 10.9 Å². The summed E-state index contributed by atoms with van der Waals surface area (Å²) in [6.07, 6.45) is 0. The van der Waals surface area contributed by atoms with Crippen molar-refractivity contribution >= 4 is 34.3 Å². The van der Waals surface area contributed by atoms with Gasteiger partial charge in [-0.1, -0.05) is 30.4 Å². The largest absolute Gasteiger partial charge is 0.350 e. The summed E-state index contributed by atoms with van der Waals surface area (Å²) in [6.45, 7) is 3.88. The number of H-pyrrole nitrogens is 1. The van der Waals surface area contributed by atoms with E-state index < -0.39 is 0 Å². The summed E-state index contributed by atoms with van der Waals surface area (Å²) in [5.74, 6) is 1.41. The van der Waals surface area contributed by atoms with Gasteiger partial charge in [-0.2, -0.15) is 0 Å². The highest BCUT2D eigenvalue weighted by molar-refractivity contribution is 7.99. The van der Waals surface area contributed by atoms with E-state index >= 15 is 0 Å². The number of benzene rings is 1. The van der Waals surface area contributed by atoms with Gasteiger partial charge in [0.2, 0.25) is 0 Å². The van der Waals surface area contributed by atoms with E-state index in [1.165, 1.54) is 15.9 Å². The summed E-state index contributed by atoms with van der Waals surface area (Å²) in [7, 11) is 0. The van der Waals surface area contributed by atoms with Gasteiger partial charge in [0, 0.05) is 22.5 Å². The van der Waals surface area contributed by atoms with E-state index in [9.17, 15) is 0 Å². The molecule has 1 aromatic heterocycles. The van der Waals surface area contributed by atoms with Gasteiger partial charge in [0.25, 0.3) is 0 Å². The molecule has 0 aliphatic heterocycles. The van der Waals surface area contributed by atoms with Crippen LogP contribution in [0.3, 0.4) is 0 Å². The fourth-order valence-corrected chi connectivity index (χ4v) is 2.40. The van der Waals surface area contributed by atoms with E-state index in [1.807, 2.05) is 12.1 Å². The number of aromatic amines is 1. The van der Waals surface area contributed by atoms with Crippen LogP contribution in [0, 0.1) is 0 Å². The standard InChI is InChI=1S/C12H12ClNS/c1-9(7-13)8-15-12-6-10-4-2-3-5-11(10)14-12/h2-6,14H,1,7-8H2. The number of para-hydroxylation sites is 1. The molecule has 2 aromatic rings. The quantitative estimate of drug-likeness (QED) is 0.482. The zero-order valence-electron chi connectivity index (χ0n) is 8.29. The molecule has 0 unspecified atom stereocenters. The van der Waals surface area contributed by atoms with E-state index in [2.05, 4.69) is 29.8 Å². The molecule has 0 amide bonds. The zero-order chi connectivity index (χ0) is 10.7. The first kappa shape index (κ1) is 10.7. The average Bonchev–Trinajstić information content (AvgIpc) is 2.68. The zero-order valence-corrected chi connectivity index (χ0v) is 9.87. The van der Waals surface area contributed by atoms with Crippen molar-refractivity contribution in [1.29, 1.82) is 0 Å². The molecular weight excluding hydrogens is 226 g/mol. The van der Waals surface area contributed by atoms with Crippen molar-refractivity contribution in [2.24, 2.45) is 0 Å². The van der Waals surface area contributed by atoms with Crippen molar-refractivity contribution < 1.29 is 0 Å². The van der Waals surface area contributed by atoms with Crippen LogP contribution in [0.1, 0.15) is 0 Å². The summed E-state index contributed by atoms with van der Waals surface area (Å²) in [5, 5.41) is 2.42. The lowest BCUT2D eigenvalue weighted by atomic mass is 10.3. The molecule has 0 atom stereocenters. The second kappa shape index (κ2) is 4.77. The summed E-state index contributed by atoms with van der Waals surface area (Å²) < 4.78 is 0. The molecule has 1 aromatic carbocycles. The molecule has 0 aliphatic rings. The number of fused-ring (bicyclic) bond motifs is 1. The number of thioether (sulfide) groups is 1. The molecule has 1 N–H and O–H groups in total. The number of aromatic nitrogens is 1. The highest BCUT2D eigenvalue weighted by atomic mass is 35.5. The van der Waals surface area contributed by atoms with Crippen molar-refractivity contribution in [2.45, 2.75) is 5.03 Å². The Balaban J connectivity index is 2.12. The summed E-state index contributed by atoms with van der Waals surface area (Å²) in [4.78, 5) is 3.35. The smallest absolute Gasteiger partial charge is 0.0735 e. The number of alkyl halides is 1. The molecule has 2 rings (SSSR count). The van der Waals surface area contributed by atoms with E-state index in [4.69, 9.17) is 11.6 Å². The van der Waals surface area contributed by atoms with E-state index in [-0.39, 0.29) is 0 Å². The van der Waals surface area contributed by atoms with Crippen molar-refractivity contribution in [1.82, 2.24) is 4.98 Å². The Labute approximate surface area is 98.5 Å². The molecule has 0 aliphatic carbocycles. The third-order valence-electron chi connectivity index (χ3n) is 2.13. The Hall–Kier alpha value is -0.860. The third-order valence-corrected chi connectivity index (χ3v) is 3.59. The van der Waals surface area contributed by atoms with Gasteiger partial charge in [0.1, 0.15) is 0 Å².